The van der Waals surface area contributed by atoms with E-state index in [2.05, 4.69) is 0 Å². The van der Waals surface area contributed by atoms with Gasteiger partial charge >= 0.3 is 0 Å². The normalized spacial score (nSPS) is 31.1. The van der Waals surface area contributed by atoms with Gasteiger partial charge in [-0.3, -0.25) is 0 Å². The molecule has 2 aliphatic heterocycles. The molecule has 0 radical (unpaired) electrons. The van der Waals surface area contributed by atoms with Crippen molar-refractivity contribution in [2.75, 3.05) is 20.3 Å². The van der Waals surface area contributed by atoms with Crippen molar-refractivity contribution >= 4 is 0 Å². The van der Waals surface area contributed by atoms with Crippen LogP contribution in [0.2, 0.25) is 0 Å². The van der Waals surface area contributed by atoms with Crippen LogP contribution < -0.4 is 15.2 Å². The smallest absolute Gasteiger partial charge is 0.136 e. The third kappa shape index (κ3) is 1.77. The predicted molar refractivity (Wildman–Crippen MR) is 63.3 cm³/mol. The van der Waals surface area contributed by atoms with Gasteiger partial charge in [0.05, 0.1) is 20.3 Å². The monoisotopic (exact) mass is 235 g/mol. The molecule has 1 spiro atoms. The highest BCUT2D eigenvalue weighted by molar-refractivity contribution is 5.44. The molecule has 92 valence electrons. The molecular weight excluding hydrogens is 218 g/mol. The molecule has 0 aromatic heterocycles. The quantitative estimate of drug-likeness (QED) is 0.804. The third-order valence-corrected chi connectivity index (χ3v) is 3.61. The number of nitrogens with two attached hydrogens (primary N) is 1. The highest BCUT2D eigenvalue weighted by atomic mass is 16.6. The number of ether oxygens (including phenoxy) is 3. The number of methoxy groups -OCH3 is 1. The maximum Gasteiger partial charge on any atom is 0.136 e. The SMILES string of the molecule is COc1ccc2c(c1)OC1(CCOC1)C[C@H]2N. The highest BCUT2D eigenvalue weighted by Gasteiger charge is 2.43. The second-order valence-corrected chi connectivity index (χ2v) is 4.80. The Bertz CT molecular complexity index is 427. The van der Waals surface area contributed by atoms with Gasteiger partial charge in [0.2, 0.25) is 0 Å². The minimum Gasteiger partial charge on any atom is -0.497 e. The molecule has 2 aliphatic rings. The molecule has 4 heteroatoms. The zero-order chi connectivity index (χ0) is 11.9. The van der Waals surface area contributed by atoms with E-state index in [-0.39, 0.29) is 11.6 Å². The first-order chi connectivity index (χ1) is 8.22. The van der Waals surface area contributed by atoms with Crippen molar-refractivity contribution in [2.24, 2.45) is 5.73 Å². The van der Waals surface area contributed by atoms with Gasteiger partial charge in [0.1, 0.15) is 17.1 Å². The summed E-state index contributed by atoms with van der Waals surface area (Å²) in [5, 5.41) is 0. The summed E-state index contributed by atoms with van der Waals surface area (Å²) in [6.45, 7) is 1.39. The van der Waals surface area contributed by atoms with Crippen molar-refractivity contribution in [1.82, 2.24) is 0 Å². The molecule has 4 nitrogen and oxygen atoms in total. The molecule has 1 fully saturated rings. The maximum atomic E-state index is 6.22. The van der Waals surface area contributed by atoms with Gasteiger partial charge in [-0.2, -0.15) is 0 Å². The van der Waals surface area contributed by atoms with Crippen molar-refractivity contribution < 1.29 is 14.2 Å². The maximum absolute atomic E-state index is 6.22. The first-order valence-electron chi connectivity index (χ1n) is 5.93. The highest BCUT2D eigenvalue weighted by Crippen LogP contribution is 2.43. The Kier molecular flexibility index (Phi) is 2.49. The lowest BCUT2D eigenvalue weighted by atomic mass is 9.87. The molecule has 17 heavy (non-hydrogen) atoms. The summed E-state index contributed by atoms with van der Waals surface area (Å²) in [7, 11) is 1.65. The second-order valence-electron chi connectivity index (χ2n) is 4.80. The number of hydrogen-bond acceptors (Lipinski definition) is 4. The predicted octanol–water partition coefficient (Wildman–Crippen LogP) is 1.64. The van der Waals surface area contributed by atoms with Gasteiger partial charge in [0.25, 0.3) is 0 Å². The summed E-state index contributed by atoms with van der Waals surface area (Å²) in [5.74, 6) is 1.64. The molecular formula is C13H17NO3. The standard InChI is InChI=1S/C13H17NO3/c1-15-9-2-3-10-11(14)7-13(4-5-16-8-13)17-12(10)6-9/h2-3,6,11H,4-5,7-8,14H2,1H3/t11-,13?/m1/s1. The second kappa shape index (κ2) is 3.89. The van der Waals surface area contributed by atoms with E-state index in [0.29, 0.717) is 6.61 Å². The molecule has 2 N–H and O–H groups in total. The Morgan fingerprint density at radius 2 is 2.35 bits per heavy atom. The third-order valence-electron chi connectivity index (χ3n) is 3.61. The van der Waals surface area contributed by atoms with E-state index in [1.807, 2.05) is 18.2 Å². The average molecular weight is 235 g/mol. The minimum absolute atomic E-state index is 0.0198. The van der Waals surface area contributed by atoms with E-state index in [1.165, 1.54) is 0 Å². The summed E-state index contributed by atoms with van der Waals surface area (Å²) in [6.07, 6.45) is 1.74. The molecule has 0 amide bonds. The minimum atomic E-state index is -0.223. The molecule has 1 unspecified atom stereocenters. The van der Waals surface area contributed by atoms with Crippen LogP contribution in [-0.2, 0) is 4.74 Å². The van der Waals surface area contributed by atoms with Crippen LogP contribution in [0.3, 0.4) is 0 Å². The fraction of sp³-hybridized carbons (Fsp3) is 0.538. The van der Waals surface area contributed by atoms with E-state index in [9.17, 15) is 0 Å². The number of rotatable bonds is 1. The van der Waals surface area contributed by atoms with Crippen molar-refractivity contribution in [2.45, 2.75) is 24.5 Å². The average Bonchev–Trinajstić information content (AvgIpc) is 2.76. The van der Waals surface area contributed by atoms with E-state index in [1.54, 1.807) is 7.11 Å². The summed E-state index contributed by atoms with van der Waals surface area (Å²) in [6, 6.07) is 5.84. The first kappa shape index (κ1) is 10.9. The van der Waals surface area contributed by atoms with Crippen LogP contribution >= 0.6 is 0 Å². The molecule has 0 bridgehead atoms. The van der Waals surface area contributed by atoms with Crippen LogP contribution in [0.1, 0.15) is 24.4 Å². The zero-order valence-corrected chi connectivity index (χ0v) is 9.94. The van der Waals surface area contributed by atoms with E-state index >= 15 is 0 Å². The van der Waals surface area contributed by atoms with Crippen LogP contribution in [0.15, 0.2) is 18.2 Å². The topological polar surface area (TPSA) is 53.7 Å². The lowest BCUT2D eigenvalue weighted by Crippen LogP contribution is -2.43. The van der Waals surface area contributed by atoms with E-state index < -0.39 is 0 Å². The Labute approximate surface area is 101 Å². The summed E-state index contributed by atoms with van der Waals surface area (Å²) < 4.78 is 16.8. The van der Waals surface area contributed by atoms with Gasteiger partial charge in [-0.05, 0) is 6.07 Å². The van der Waals surface area contributed by atoms with Crippen LogP contribution in [-0.4, -0.2) is 25.9 Å². The van der Waals surface area contributed by atoms with Gasteiger partial charge < -0.3 is 19.9 Å². The summed E-state index contributed by atoms with van der Waals surface area (Å²) in [5.41, 5.74) is 7.05. The van der Waals surface area contributed by atoms with E-state index in [0.717, 1.165) is 36.5 Å². The van der Waals surface area contributed by atoms with Crippen molar-refractivity contribution in [1.29, 1.82) is 0 Å². The number of benzene rings is 1. The molecule has 3 rings (SSSR count). The molecule has 2 heterocycles. The van der Waals surface area contributed by atoms with Crippen molar-refractivity contribution in [3.8, 4) is 11.5 Å². The molecule has 1 aromatic carbocycles. The lowest BCUT2D eigenvalue weighted by molar-refractivity contribution is 0.0233. The zero-order valence-electron chi connectivity index (χ0n) is 9.94. The van der Waals surface area contributed by atoms with Gasteiger partial charge in [0.15, 0.2) is 0 Å². The fourth-order valence-corrected chi connectivity index (χ4v) is 2.65. The summed E-state index contributed by atoms with van der Waals surface area (Å²) >= 11 is 0. The largest absolute Gasteiger partial charge is 0.497 e. The van der Waals surface area contributed by atoms with Gasteiger partial charge in [-0.1, -0.05) is 6.07 Å². The van der Waals surface area contributed by atoms with Crippen molar-refractivity contribution in [3.63, 3.8) is 0 Å². The Morgan fingerprint density at radius 1 is 1.47 bits per heavy atom. The Morgan fingerprint density at radius 3 is 3.06 bits per heavy atom. The van der Waals surface area contributed by atoms with Gasteiger partial charge in [-0.15, -0.1) is 0 Å². The number of fused-ring (bicyclic) bond motifs is 1. The Balaban J connectivity index is 1.97. The van der Waals surface area contributed by atoms with Gasteiger partial charge in [0, 0.05) is 30.5 Å². The molecule has 0 saturated carbocycles. The molecule has 1 saturated heterocycles. The van der Waals surface area contributed by atoms with Crippen LogP contribution in [0.5, 0.6) is 11.5 Å². The lowest BCUT2D eigenvalue weighted by Gasteiger charge is -2.37. The first-order valence-corrected chi connectivity index (χ1v) is 5.93. The van der Waals surface area contributed by atoms with Crippen LogP contribution in [0.4, 0.5) is 0 Å². The summed E-state index contributed by atoms with van der Waals surface area (Å²) in [4.78, 5) is 0. The molecule has 0 aliphatic carbocycles. The molecule has 2 atom stereocenters. The van der Waals surface area contributed by atoms with Crippen molar-refractivity contribution in [3.05, 3.63) is 23.8 Å². The Hall–Kier alpha value is -1.26. The fourth-order valence-electron chi connectivity index (χ4n) is 2.65. The van der Waals surface area contributed by atoms with Crippen LogP contribution in [0, 0.1) is 0 Å². The van der Waals surface area contributed by atoms with E-state index in [4.69, 9.17) is 19.9 Å². The molecule has 1 aromatic rings. The van der Waals surface area contributed by atoms with Crippen LogP contribution in [0.25, 0.3) is 0 Å². The number of hydrogen-bond donors (Lipinski definition) is 1. The van der Waals surface area contributed by atoms with Gasteiger partial charge in [-0.25, -0.2) is 0 Å².